The highest BCUT2D eigenvalue weighted by atomic mass is 35.5. The van der Waals surface area contributed by atoms with Crippen molar-refractivity contribution in [3.8, 4) is 0 Å². The van der Waals surface area contributed by atoms with Gasteiger partial charge < -0.3 is 15.4 Å². The summed E-state index contributed by atoms with van der Waals surface area (Å²) in [6, 6.07) is 10.1. The second kappa shape index (κ2) is 10.6. The predicted octanol–water partition coefficient (Wildman–Crippen LogP) is 5.95. The summed E-state index contributed by atoms with van der Waals surface area (Å²) in [6.45, 7) is 3.25. The standard InChI is InChI=1S/C22H17Cl2N3O6S/c1-3-33-22(30)17-11(2)18(20(29)25-14-6-4-5-13(23)10-14)34-21(17)26-19(28)12-7-8-15(24)16(9-12)27(31)32/h4-10H,3H2,1-2H3,(H,25,29)(H,26,28). The third kappa shape index (κ3) is 5.53. The van der Waals surface area contributed by atoms with Crippen LogP contribution in [0.4, 0.5) is 16.4 Å². The number of carbonyl (C=O) groups is 3. The molecule has 0 saturated carbocycles. The molecular weight excluding hydrogens is 505 g/mol. The average Bonchev–Trinajstić information content (AvgIpc) is 3.09. The van der Waals surface area contributed by atoms with Crippen LogP contribution in [0.5, 0.6) is 0 Å². The van der Waals surface area contributed by atoms with Crippen molar-refractivity contribution in [2.45, 2.75) is 13.8 Å². The first-order chi connectivity index (χ1) is 16.1. The lowest BCUT2D eigenvalue weighted by atomic mass is 10.1. The van der Waals surface area contributed by atoms with Gasteiger partial charge in [0.05, 0.1) is 22.0 Å². The van der Waals surface area contributed by atoms with Crippen LogP contribution in [0.2, 0.25) is 10.0 Å². The van der Waals surface area contributed by atoms with E-state index in [0.717, 1.165) is 17.4 Å². The minimum absolute atomic E-state index is 0.0138. The predicted molar refractivity (Wildman–Crippen MR) is 130 cm³/mol. The summed E-state index contributed by atoms with van der Waals surface area (Å²) in [5.74, 6) is -1.97. The van der Waals surface area contributed by atoms with Crippen LogP contribution in [0.25, 0.3) is 0 Å². The number of thiophene rings is 1. The van der Waals surface area contributed by atoms with Crippen LogP contribution in [0.1, 0.15) is 42.9 Å². The molecule has 3 rings (SSSR count). The maximum atomic E-state index is 12.9. The van der Waals surface area contributed by atoms with Gasteiger partial charge in [-0.3, -0.25) is 19.7 Å². The second-order valence-corrected chi connectivity index (χ2v) is 8.69. The summed E-state index contributed by atoms with van der Waals surface area (Å²) in [6.07, 6.45) is 0. The maximum absolute atomic E-state index is 12.9. The molecule has 0 spiro atoms. The molecule has 34 heavy (non-hydrogen) atoms. The number of nitro groups is 1. The monoisotopic (exact) mass is 521 g/mol. The van der Waals surface area contributed by atoms with Gasteiger partial charge in [-0.15, -0.1) is 11.3 Å². The number of hydrogen-bond donors (Lipinski definition) is 2. The van der Waals surface area contributed by atoms with Crippen LogP contribution in [-0.4, -0.2) is 29.3 Å². The van der Waals surface area contributed by atoms with E-state index < -0.39 is 28.4 Å². The molecule has 2 aromatic carbocycles. The van der Waals surface area contributed by atoms with Gasteiger partial charge in [0.15, 0.2) is 0 Å². The zero-order chi connectivity index (χ0) is 25.0. The summed E-state index contributed by atoms with van der Waals surface area (Å²) in [5.41, 5.74) is 0.271. The van der Waals surface area contributed by atoms with E-state index in [1.54, 1.807) is 38.1 Å². The number of nitrogens with one attached hydrogen (secondary N) is 2. The number of halogens is 2. The van der Waals surface area contributed by atoms with Crippen LogP contribution in [0.15, 0.2) is 42.5 Å². The molecule has 2 N–H and O–H groups in total. The Labute approximate surface area is 207 Å². The molecule has 0 fully saturated rings. The zero-order valence-electron chi connectivity index (χ0n) is 17.8. The number of nitrogens with zero attached hydrogens (tertiary/aromatic N) is 1. The molecule has 9 nitrogen and oxygen atoms in total. The van der Waals surface area contributed by atoms with Gasteiger partial charge in [-0.25, -0.2) is 4.79 Å². The fourth-order valence-corrected chi connectivity index (χ4v) is 4.45. The molecule has 0 aliphatic rings. The van der Waals surface area contributed by atoms with Crippen LogP contribution in [0, 0.1) is 17.0 Å². The van der Waals surface area contributed by atoms with E-state index in [-0.39, 0.29) is 32.6 Å². The van der Waals surface area contributed by atoms with Crippen molar-refractivity contribution in [3.05, 3.63) is 84.2 Å². The Balaban J connectivity index is 1.97. The highest BCUT2D eigenvalue weighted by molar-refractivity contribution is 7.19. The van der Waals surface area contributed by atoms with Crippen molar-refractivity contribution in [3.63, 3.8) is 0 Å². The summed E-state index contributed by atoms with van der Waals surface area (Å²) >= 11 is 12.6. The molecule has 1 heterocycles. The quantitative estimate of drug-likeness (QED) is 0.224. The molecule has 0 aliphatic heterocycles. The van der Waals surface area contributed by atoms with Crippen LogP contribution >= 0.6 is 34.5 Å². The lowest BCUT2D eigenvalue weighted by Gasteiger charge is -2.07. The molecule has 0 saturated heterocycles. The van der Waals surface area contributed by atoms with Gasteiger partial charge in [-0.05, 0) is 49.7 Å². The summed E-state index contributed by atoms with van der Waals surface area (Å²) in [7, 11) is 0. The maximum Gasteiger partial charge on any atom is 0.341 e. The van der Waals surface area contributed by atoms with E-state index in [0.29, 0.717) is 16.3 Å². The number of benzene rings is 2. The summed E-state index contributed by atoms with van der Waals surface area (Å²) < 4.78 is 5.09. The lowest BCUT2D eigenvalue weighted by molar-refractivity contribution is -0.384. The Hall–Kier alpha value is -3.47. The van der Waals surface area contributed by atoms with Crippen LogP contribution < -0.4 is 10.6 Å². The minimum Gasteiger partial charge on any atom is -0.462 e. The van der Waals surface area contributed by atoms with E-state index in [1.165, 1.54) is 12.1 Å². The number of rotatable bonds is 7. The van der Waals surface area contributed by atoms with E-state index >= 15 is 0 Å². The summed E-state index contributed by atoms with van der Waals surface area (Å²) in [5, 5.41) is 16.8. The first-order valence-electron chi connectivity index (χ1n) is 9.75. The van der Waals surface area contributed by atoms with Crippen molar-refractivity contribution >= 4 is 68.7 Å². The molecule has 0 bridgehead atoms. The lowest BCUT2D eigenvalue weighted by Crippen LogP contribution is -2.15. The molecule has 0 radical (unpaired) electrons. The highest BCUT2D eigenvalue weighted by Crippen LogP contribution is 2.35. The SMILES string of the molecule is CCOC(=O)c1c(NC(=O)c2ccc(Cl)c([N+](=O)[O-])c2)sc(C(=O)Nc2cccc(Cl)c2)c1C. The molecule has 0 aliphatic carbocycles. The first-order valence-corrected chi connectivity index (χ1v) is 11.3. The van der Waals surface area contributed by atoms with Gasteiger partial charge in [0.2, 0.25) is 0 Å². The molecule has 0 unspecified atom stereocenters. The number of ether oxygens (including phenoxy) is 1. The van der Waals surface area contributed by atoms with Crippen molar-refractivity contribution in [1.82, 2.24) is 0 Å². The number of amides is 2. The zero-order valence-corrected chi connectivity index (χ0v) is 20.1. The number of esters is 1. The largest absolute Gasteiger partial charge is 0.462 e. The van der Waals surface area contributed by atoms with Crippen LogP contribution in [-0.2, 0) is 4.74 Å². The Bertz CT molecular complexity index is 1310. The van der Waals surface area contributed by atoms with Crippen molar-refractivity contribution in [2.24, 2.45) is 0 Å². The third-order valence-corrected chi connectivity index (χ3v) is 6.31. The third-order valence-electron chi connectivity index (χ3n) is 4.55. The fraction of sp³-hybridized carbons (Fsp3) is 0.136. The number of anilines is 2. The smallest absolute Gasteiger partial charge is 0.341 e. The summed E-state index contributed by atoms with van der Waals surface area (Å²) in [4.78, 5) is 48.9. The van der Waals surface area contributed by atoms with Gasteiger partial charge in [0.25, 0.3) is 17.5 Å². The molecule has 2 amide bonds. The van der Waals surface area contributed by atoms with Crippen LogP contribution in [0.3, 0.4) is 0 Å². The van der Waals surface area contributed by atoms with Gasteiger partial charge in [0, 0.05) is 22.3 Å². The van der Waals surface area contributed by atoms with Gasteiger partial charge in [-0.1, -0.05) is 29.3 Å². The minimum atomic E-state index is -0.728. The highest BCUT2D eigenvalue weighted by Gasteiger charge is 2.27. The molecular formula is C22H17Cl2N3O6S. The Kier molecular flexibility index (Phi) is 7.87. The van der Waals surface area contributed by atoms with Gasteiger partial charge >= 0.3 is 5.97 Å². The number of nitro benzene ring substituents is 1. The van der Waals surface area contributed by atoms with Gasteiger partial charge in [-0.2, -0.15) is 0 Å². The molecule has 1 aromatic heterocycles. The van der Waals surface area contributed by atoms with E-state index in [2.05, 4.69) is 10.6 Å². The first kappa shape index (κ1) is 25.2. The second-order valence-electron chi connectivity index (χ2n) is 6.82. The number of hydrogen-bond acceptors (Lipinski definition) is 7. The van der Waals surface area contributed by atoms with Crippen molar-refractivity contribution in [1.29, 1.82) is 0 Å². The average molecular weight is 522 g/mol. The Morgan fingerprint density at radius 3 is 2.47 bits per heavy atom. The Morgan fingerprint density at radius 1 is 1.09 bits per heavy atom. The normalized spacial score (nSPS) is 10.5. The molecule has 3 aromatic rings. The van der Waals surface area contributed by atoms with Crippen molar-refractivity contribution < 1.29 is 24.0 Å². The molecule has 176 valence electrons. The fourth-order valence-electron chi connectivity index (χ4n) is 2.99. The van der Waals surface area contributed by atoms with E-state index in [9.17, 15) is 24.5 Å². The van der Waals surface area contributed by atoms with Crippen molar-refractivity contribution in [2.75, 3.05) is 17.2 Å². The van der Waals surface area contributed by atoms with Gasteiger partial charge in [0.1, 0.15) is 10.0 Å². The topological polar surface area (TPSA) is 128 Å². The van der Waals surface area contributed by atoms with E-state index in [1.807, 2.05) is 0 Å². The molecule has 0 atom stereocenters. The molecule has 12 heteroatoms. The number of carbonyl (C=O) groups excluding carboxylic acids is 3. The Morgan fingerprint density at radius 2 is 1.82 bits per heavy atom. The van der Waals surface area contributed by atoms with E-state index in [4.69, 9.17) is 27.9 Å².